The molecule has 0 heterocycles. The van der Waals surface area contributed by atoms with Gasteiger partial charge in [-0.15, -0.1) is 0 Å². The first kappa shape index (κ1) is 20.6. The van der Waals surface area contributed by atoms with Gasteiger partial charge in [-0.05, 0) is 48.5 Å². The van der Waals surface area contributed by atoms with Crippen molar-refractivity contribution >= 4 is 17.3 Å². The summed E-state index contributed by atoms with van der Waals surface area (Å²) in [6.07, 6.45) is 0. The van der Waals surface area contributed by atoms with E-state index in [4.69, 9.17) is 0 Å². The monoisotopic (exact) mass is 377 g/mol. The summed E-state index contributed by atoms with van der Waals surface area (Å²) < 4.78 is 28.6. The van der Waals surface area contributed by atoms with Crippen molar-refractivity contribution in [2.75, 3.05) is 37.4 Å². The lowest BCUT2D eigenvalue weighted by atomic mass is 10.2. The van der Waals surface area contributed by atoms with Gasteiger partial charge >= 0.3 is 6.61 Å². The van der Waals surface area contributed by atoms with Crippen molar-refractivity contribution in [2.45, 2.75) is 20.1 Å². The summed E-state index contributed by atoms with van der Waals surface area (Å²) in [7, 11) is 3.98. The highest BCUT2D eigenvalue weighted by Crippen LogP contribution is 2.18. The van der Waals surface area contributed by atoms with E-state index in [0.717, 1.165) is 17.8 Å². The number of carbonyl (C=O) groups is 1. The average Bonchev–Trinajstić information content (AvgIpc) is 2.62. The van der Waals surface area contributed by atoms with E-state index in [1.165, 1.54) is 24.3 Å². The number of ether oxygens (including phenoxy) is 1. The van der Waals surface area contributed by atoms with Gasteiger partial charge < -0.3 is 15.0 Å². The molecule has 2 rings (SSSR count). The largest absolute Gasteiger partial charge is 0.435 e. The zero-order valence-electron chi connectivity index (χ0n) is 15.8. The number of anilines is 2. The molecule has 0 saturated carbocycles. The summed E-state index contributed by atoms with van der Waals surface area (Å²) in [5, 5.41) is 2.77. The first-order valence-electron chi connectivity index (χ1n) is 8.70. The summed E-state index contributed by atoms with van der Waals surface area (Å²) in [4.78, 5) is 16.3. The summed E-state index contributed by atoms with van der Waals surface area (Å²) in [6.45, 7) is 0.762. The molecule has 0 atom stereocenters. The molecule has 7 heteroatoms. The number of carbonyl (C=O) groups excluding carboxylic acids is 1. The van der Waals surface area contributed by atoms with Crippen LogP contribution < -0.4 is 15.0 Å². The van der Waals surface area contributed by atoms with Gasteiger partial charge in [0, 0.05) is 32.0 Å². The van der Waals surface area contributed by atoms with E-state index >= 15 is 0 Å². The quantitative estimate of drug-likeness (QED) is 0.722. The van der Waals surface area contributed by atoms with Crippen LogP contribution in [-0.2, 0) is 11.3 Å². The van der Waals surface area contributed by atoms with Crippen LogP contribution in [0.4, 0.5) is 20.2 Å². The molecule has 5 nitrogen and oxygen atoms in total. The van der Waals surface area contributed by atoms with Crippen molar-refractivity contribution in [1.29, 1.82) is 0 Å². The zero-order chi connectivity index (χ0) is 19.8. The lowest BCUT2D eigenvalue weighted by molar-refractivity contribution is -0.117. The van der Waals surface area contributed by atoms with Crippen molar-refractivity contribution in [3.05, 3.63) is 54.1 Å². The fraction of sp³-hybridized carbons (Fsp3) is 0.350. The van der Waals surface area contributed by atoms with Crippen LogP contribution >= 0.6 is 0 Å². The topological polar surface area (TPSA) is 44.8 Å². The van der Waals surface area contributed by atoms with Crippen LogP contribution in [0.15, 0.2) is 48.5 Å². The normalized spacial score (nSPS) is 10.9. The molecule has 0 aromatic heterocycles. The standard InChI is InChI=1S/C20H25F2N3O2/c1-4-25(13-15-5-9-17(10-6-15)24(2)3)14-19(26)23-16-7-11-18(12-8-16)27-20(21)22/h5-12,20H,4,13-14H2,1-3H3,(H,23,26). The first-order chi connectivity index (χ1) is 12.9. The Morgan fingerprint density at radius 1 is 1.07 bits per heavy atom. The number of amides is 1. The maximum Gasteiger partial charge on any atom is 0.387 e. The molecule has 146 valence electrons. The fourth-order valence-electron chi connectivity index (χ4n) is 2.56. The molecule has 27 heavy (non-hydrogen) atoms. The third-order valence-corrected chi connectivity index (χ3v) is 4.04. The van der Waals surface area contributed by atoms with Gasteiger partial charge in [-0.3, -0.25) is 9.69 Å². The predicted molar refractivity (Wildman–Crippen MR) is 103 cm³/mol. The van der Waals surface area contributed by atoms with Crippen LogP contribution in [0.3, 0.4) is 0 Å². The molecule has 0 aliphatic rings. The average molecular weight is 377 g/mol. The Morgan fingerprint density at radius 2 is 1.70 bits per heavy atom. The number of benzene rings is 2. The molecule has 2 aromatic rings. The van der Waals surface area contributed by atoms with Crippen molar-refractivity contribution in [3.8, 4) is 5.75 Å². The molecule has 0 aliphatic carbocycles. The lowest BCUT2D eigenvalue weighted by Crippen LogP contribution is -2.32. The van der Waals surface area contributed by atoms with E-state index in [9.17, 15) is 13.6 Å². The van der Waals surface area contributed by atoms with Gasteiger partial charge in [-0.2, -0.15) is 8.78 Å². The molecular weight excluding hydrogens is 352 g/mol. The van der Waals surface area contributed by atoms with Crippen LogP contribution in [0.1, 0.15) is 12.5 Å². The Balaban J connectivity index is 1.88. The molecule has 1 amide bonds. The number of alkyl halides is 2. The van der Waals surface area contributed by atoms with Crippen molar-refractivity contribution in [1.82, 2.24) is 4.90 Å². The minimum atomic E-state index is -2.87. The van der Waals surface area contributed by atoms with Crippen molar-refractivity contribution < 1.29 is 18.3 Å². The second kappa shape index (κ2) is 9.87. The second-order valence-corrected chi connectivity index (χ2v) is 6.32. The molecule has 0 spiro atoms. The second-order valence-electron chi connectivity index (χ2n) is 6.32. The van der Waals surface area contributed by atoms with E-state index in [-0.39, 0.29) is 18.2 Å². The van der Waals surface area contributed by atoms with Gasteiger partial charge in [-0.1, -0.05) is 19.1 Å². The molecule has 0 radical (unpaired) electrons. The summed E-state index contributed by atoms with van der Waals surface area (Å²) in [5.41, 5.74) is 2.79. The van der Waals surface area contributed by atoms with E-state index < -0.39 is 6.61 Å². The smallest absolute Gasteiger partial charge is 0.387 e. The SMILES string of the molecule is CCN(CC(=O)Nc1ccc(OC(F)F)cc1)Cc1ccc(N(C)C)cc1. The highest BCUT2D eigenvalue weighted by atomic mass is 19.3. The van der Waals surface area contributed by atoms with Crippen molar-refractivity contribution in [3.63, 3.8) is 0 Å². The maximum atomic E-state index is 12.3. The minimum Gasteiger partial charge on any atom is -0.435 e. The molecule has 0 aliphatic heterocycles. The Labute approximate surface area is 158 Å². The summed E-state index contributed by atoms with van der Waals surface area (Å²) in [6, 6.07) is 14.1. The minimum absolute atomic E-state index is 0.0550. The molecule has 0 bridgehead atoms. The van der Waals surface area contributed by atoms with Crippen LogP contribution in [0.25, 0.3) is 0 Å². The number of hydrogen-bond donors (Lipinski definition) is 1. The lowest BCUT2D eigenvalue weighted by Gasteiger charge is -2.20. The first-order valence-corrected chi connectivity index (χ1v) is 8.70. The Hall–Kier alpha value is -2.67. The Morgan fingerprint density at radius 3 is 2.22 bits per heavy atom. The van der Waals surface area contributed by atoms with Gasteiger partial charge in [0.1, 0.15) is 5.75 Å². The van der Waals surface area contributed by atoms with Gasteiger partial charge in [0.2, 0.25) is 5.91 Å². The maximum absolute atomic E-state index is 12.3. The highest BCUT2D eigenvalue weighted by molar-refractivity contribution is 5.92. The molecule has 0 saturated heterocycles. The van der Waals surface area contributed by atoms with E-state index in [1.54, 1.807) is 0 Å². The third kappa shape index (κ3) is 6.86. The van der Waals surface area contributed by atoms with Crippen LogP contribution in [0.5, 0.6) is 5.75 Å². The summed E-state index contributed by atoms with van der Waals surface area (Å²) in [5.74, 6) is -0.108. The van der Waals surface area contributed by atoms with Gasteiger partial charge in [0.15, 0.2) is 0 Å². The number of rotatable bonds is 9. The Bertz CT molecular complexity index is 719. The zero-order valence-corrected chi connectivity index (χ0v) is 15.8. The van der Waals surface area contributed by atoms with E-state index in [2.05, 4.69) is 22.2 Å². The molecule has 0 fully saturated rings. The molecule has 2 aromatic carbocycles. The number of halogens is 2. The fourth-order valence-corrected chi connectivity index (χ4v) is 2.56. The molecule has 0 unspecified atom stereocenters. The third-order valence-electron chi connectivity index (χ3n) is 4.04. The number of hydrogen-bond acceptors (Lipinski definition) is 4. The predicted octanol–water partition coefficient (Wildman–Crippen LogP) is 3.81. The van der Waals surface area contributed by atoms with Crippen LogP contribution in [0, 0.1) is 0 Å². The molecule has 1 N–H and O–H groups in total. The van der Waals surface area contributed by atoms with Gasteiger partial charge in [0.25, 0.3) is 0 Å². The Kier molecular flexibility index (Phi) is 7.55. The van der Waals surface area contributed by atoms with E-state index in [0.29, 0.717) is 12.2 Å². The number of nitrogens with zero attached hydrogens (tertiary/aromatic N) is 2. The van der Waals surface area contributed by atoms with Crippen LogP contribution in [-0.4, -0.2) is 44.6 Å². The van der Waals surface area contributed by atoms with E-state index in [1.807, 2.05) is 43.0 Å². The highest BCUT2D eigenvalue weighted by Gasteiger charge is 2.11. The summed E-state index contributed by atoms with van der Waals surface area (Å²) >= 11 is 0. The molecular formula is C20H25F2N3O2. The van der Waals surface area contributed by atoms with Crippen LogP contribution in [0.2, 0.25) is 0 Å². The number of nitrogens with one attached hydrogen (secondary N) is 1. The number of likely N-dealkylation sites (N-methyl/N-ethyl adjacent to an activating group) is 1. The van der Waals surface area contributed by atoms with Gasteiger partial charge in [-0.25, -0.2) is 0 Å². The van der Waals surface area contributed by atoms with Gasteiger partial charge in [0.05, 0.1) is 6.54 Å². The van der Waals surface area contributed by atoms with Crippen molar-refractivity contribution in [2.24, 2.45) is 0 Å².